The Morgan fingerprint density at radius 3 is 2.32 bits per heavy atom. The summed E-state index contributed by atoms with van der Waals surface area (Å²) in [6, 6.07) is 13.7. The molecule has 0 bridgehead atoms. The van der Waals surface area contributed by atoms with Gasteiger partial charge in [0.15, 0.2) is 0 Å². The molecule has 202 valence electrons. The van der Waals surface area contributed by atoms with Crippen molar-refractivity contribution in [3.05, 3.63) is 59.2 Å². The number of nitrogens with zero attached hydrogens (tertiary/aromatic N) is 3. The first-order valence-corrected chi connectivity index (χ1v) is 14.5. The summed E-state index contributed by atoms with van der Waals surface area (Å²) in [7, 11) is -2.11. The normalized spacial score (nSPS) is 19.3. The van der Waals surface area contributed by atoms with Gasteiger partial charge in [0.25, 0.3) is 0 Å². The van der Waals surface area contributed by atoms with E-state index < -0.39 is 10.0 Å². The smallest absolute Gasteiger partial charge is 0.248 e. The molecule has 2 aliphatic heterocycles. The van der Waals surface area contributed by atoms with Crippen LogP contribution in [-0.4, -0.2) is 94.1 Å². The lowest BCUT2D eigenvalue weighted by molar-refractivity contribution is -0.138. The summed E-state index contributed by atoms with van der Waals surface area (Å²) in [5.74, 6) is 0.614. The Morgan fingerprint density at radius 1 is 1.00 bits per heavy atom. The third kappa shape index (κ3) is 6.71. The molecule has 9 heteroatoms. The Morgan fingerprint density at radius 2 is 1.68 bits per heavy atom. The molecule has 2 aromatic carbocycles. The lowest BCUT2D eigenvalue weighted by Crippen LogP contribution is -2.50. The summed E-state index contributed by atoms with van der Waals surface area (Å²) in [5, 5.41) is 0. The van der Waals surface area contributed by atoms with Crippen molar-refractivity contribution in [2.24, 2.45) is 0 Å². The van der Waals surface area contributed by atoms with Gasteiger partial charge in [-0.15, -0.1) is 0 Å². The molecule has 0 spiro atoms. The molecule has 2 saturated heterocycles. The van der Waals surface area contributed by atoms with Gasteiger partial charge in [0.2, 0.25) is 15.9 Å². The summed E-state index contributed by atoms with van der Waals surface area (Å²) in [6.07, 6.45) is 2.51. The minimum Gasteiger partial charge on any atom is -0.497 e. The van der Waals surface area contributed by atoms with Crippen LogP contribution in [0.4, 0.5) is 0 Å². The third-order valence-corrected chi connectivity index (χ3v) is 9.64. The van der Waals surface area contributed by atoms with Crippen molar-refractivity contribution in [1.29, 1.82) is 0 Å². The zero-order valence-electron chi connectivity index (χ0n) is 22.2. The molecule has 2 aliphatic rings. The van der Waals surface area contributed by atoms with Gasteiger partial charge >= 0.3 is 0 Å². The molecule has 0 N–H and O–H groups in total. The van der Waals surface area contributed by atoms with Crippen molar-refractivity contribution in [3.63, 3.8) is 0 Å². The van der Waals surface area contributed by atoms with E-state index in [1.807, 2.05) is 11.0 Å². The van der Waals surface area contributed by atoms with E-state index in [0.29, 0.717) is 41.4 Å². The van der Waals surface area contributed by atoms with E-state index in [1.165, 1.54) is 5.56 Å². The van der Waals surface area contributed by atoms with Crippen LogP contribution in [0.15, 0.2) is 47.4 Å². The molecule has 2 heterocycles. The average molecular weight is 530 g/mol. The lowest BCUT2D eigenvalue weighted by Gasteiger charge is -2.34. The van der Waals surface area contributed by atoms with Gasteiger partial charge in [0.1, 0.15) is 12.4 Å². The van der Waals surface area contributed by atoms with Crippen LogP contribution in [0.2, 0.25) is 0 Å². The zero-order chi connectivity index (χ0) is 26.4. The molecule has 37 heavy (non-hydrogen) atoms. The number of carbonyl (C=O) groups is 1. The monoisotopic (exact) mass is 529 g/mol. The maximum Gasteiger partial charge on any atom is 0.248 e. The summed E-state index contributed by atoms with van der Waals surface area (Å²) in [6.45, 7) is 8.33. The highest BCUT2D eigenvalue weighted by atomic mass is 32.2. The van der Waals surface area contributed by atoms with Crippen molar-refractivity contribution in [3.8, 4) is 5.75 Å². The highest BCUT2D eigenvalue weighted by Gasteiger charge is 2.37. The number of amides is 1. The number of methoxy groups -OCH3 is 1. The van der Waals surface area contributed by atoms with Gasteiger partial charge in [-0.25, -0.2) is 8.42 Å². The molecule has 2 fully saturated rings. The van der Waals surface area contributed by atoms with Crippen LogP contribution in [0.1, 0.15) is 29.5 Å². The number of piperazine rings is 1. The number of hydrogen-bond acceptors (Lipinski definition) is 6. The van der Waals surface area contributed by atoms with Crippen LogP contribution in [0.25, 0.3) is 0 Å². The molecule has 0 aromatic heterocycles. The van der Waals surface area contributed by atoms with Gasteiger partial charge in [0.05, 0.1) is 18.6 Å². The van der Waals surface area contributed by atoms with Crippen molar-refractivity contribution in [2.45, 2.75) is 44.0 Å². The molecule has 1 atom stereocenters. The molecule has 0 radical (unpaired) electrons. The molecule has 0 saturated carbocycles. The minimum atomic E-state index is -3.68. The number of ether oxygens (including phenoxy) is 2. The van der Waals surface area contributed by atoms with Crippen molar-refractivity contribution in [1.82, 2.24) is 14.1 Å². The summed E-state index contributed by atoms with van der Waals surface area (Å²) in [5.41, 5.74) is 2.66. The molecule has 1 unspecified atom stereocenters. The Bertz CT molecular complexity index is 1140. The van der Waals surface area contributed by atoms with E-state index >= 15 is 0 Å². The number of rotatable bonds is 10. The molecule has 2 aromatic rings. The van der Waals surface area contributed by atoms with Crippen molar-refractivity contribution >= 4 is 15.9 Å². The van der Waals surface area contributed by atoms with E-state index in [9.17, 15) is 13.2 Å². The second kappa shape index (κ2) is 12.4. The van der Waals surface area contributed by atoms with Gasteiger partial charge in [-0.3, -0.25) is 9.69 Å². The number of benzene rings is 2. The van der Waals surface area contributed by atoms with E-state index in [4.69, 9.17) is 9.47 Å². The summed E-state index contributed by atoms with van der Waals surface area (Å²) >= 11 is 0. The molecule has 8 nitrogen and oxygen atoms in total. The highest BCUT2D eigenvalue weighted by molar-refractivity contribution is 7.89. The van der Waals surface area contributed by atoms with Crippen LogP contribution < -0.4 is 4.74 Å². The lowest BCUT2D eigenvalue weighted by atomic mass is 10.1. The summed E-state index contributed by atoms with van der Waals surface area (Å²) < 4.78 is 39.7. The van der Waals surface area contributed by atoms with E-state index in [1.54, 1.807) is 37.4 Å². The fourth-order valence-electron chi connectivity index (χ4n) is 5.37. The zero-order valence-corrected chi connectivity index (χ0v) is 23.0. The standard InChI is InChI=1S/C28H39N3O5S/c1-22-18-26(35-3)19-23(2)28(22)37(33,34)31-12-7-10-25(31)20-36-21-27(32)30-16-14-29(15-17-30)13-11-24-8-5-4-6-9-24/h4-6,8-9,18-19,25H,7,10-17,20-21H2,1-3H3. The topological polar surface area (TPSA) is 79.4 Å². The fraction of sp³-hybridized carbons (Fsp3) is 0.536. The van der Waals surface area contributed by atoms with Gasteiger partial charge in [-0.05, 0) is 61.9 Å². The predicted molar refractivity (Wildman–Crippen MR) is 143 cm³/mol. The summed E-state index contributed by atoms with van der Waals surface area (Å²) in [4.78, 5) is 17.3. The SMILES string of the molecule is COc1cc(C)c(S(=O)(=O)N2CCCC2COCC(=O)N2CCN(CCc3ccccc3)CC2)c(C)c1. The second-order valence-electron chi connectivity index (χ2n) is 9.98. The van der Waals surface area contributed by atoms with Crippen LogP contribution in [0.3, 0.4) is 0 Å². The predicted octanol–water partition coefficient (Wildman–Crippen LogP) is 2.87. The quantitative estimate of drug-likeness (QED) is 0.471. The van der Waals surface area contributed by atoms with E-state index in [0.717, 1.165) is 38.9 Å². The molecule has 1 amide bonds. The first-order chi connectivity index (χ1) is 17.8. The Kier molecular flexibility index (Phi) is 9.23. The maximum atomic E-state index is 13.6. The van der Waals surface area contributed by atoms with Gasteiger partial charge in [-0.1, -0.05) is 30.3 Å². The van der Waals surface area contributed by atoms with Crippen molar-refractivity contribution < 1.29 is 22.7 Å². The fourth-order valence-corrected chi connectivity index (χ4v) is 7.47. The van der Waals surface area contributed by atoms with Crippen LogP contribution in [0.5, 0.6) is 5.75 Å². The van der Waals surface area contributed by atoms with Crippen LogP contribution in [0, 0.1) is 13.8 Å². The average Bonchev–Trinajstić information content (AvgIpc) is 3.37. The number of hydrogen-bond donors (Lipinski definition) is 0. The van der Waals surface area contributed by atoms with E-state index in [2.05, 4.69) is 29.2 Å². The van der Waals surface area contributed by atoms with Gasteiger partial charge < -0.3 is 14.4 Å². The minimum absolute atomic E-state index is 0.0189. The first kappa shape index (κ1) is 27.6. The second-order valence-corrected chi connectivity index (χ2v) is 11.8. The first-order valence-electron chi connectivity index (χ1n) is 13.1. The molecular weight excluding hydrogens is 490 g/mol. The van der Waals surface area contributed by atoms with Crippen molar-refractivity contribution in [2.75, 3.05) is 59.6 Å². The Balaban J connectivity index is 1.25. The van der Waals surface area contributed by atoms with Crippen LogP contribution in [-0.2, 0) is 26.0 Å². The van der Waals surface area contributed by atoms with Gasteiger partial charge in [-0.2, -0.15) is 4.31 Å². The number of sulfonamides is 1. The maximum absolute atomic E-state index is 13.6. The molecule has 0 aliphatic carbocycles. The number of aryl methyl sites for hydroxylation is 2. The highest BCUT2D eigenvalue weighted by Crippen LogP contribution is 2.32. The third-order valence-electron chi connectivity index (χ3n) is 7.38. The van der Waals surface area contributed by atoms with Crippen LogP contribution >= 0.6 is 0 Å². The largest absolute Gasteiger partial charge is 0.497 e. The van der Waals surface area contributed by atoms with Gasteiger partial charge in [0, 0.05) is 45.3 Å². The molecule has 4 rings (SSSR count). The Hall–Kier alpha value is -2.46. The number of carbonyl (C=O) groups excluding carboxylic acids is 1. The Labute approximate surface area is 221 Å². The van der Waals surface area contributed by atoms with E-state index in [-0.39, 0.29) is 25.2 Å². The molecular formula is C28H39N3O5S.